The predicted molar refractivity (Wildman–Crippen MR) is 80.0 cm³/mol. The molecule has 0 spiro atoms. The largest absolute Gasteiger partial charge is 0.508 e. The van der Waals surface area contributed by atoms with E-state index in [0.29, 0.717) is 11.5 Å². The molecule has 0 aromatic heterocycles. The summed E-state index contributed by atoms with van der Waals surface area (Å²) in [6.45, 7) is 4.84. The van der Waals surface area contributed by atoms with Crippen LogP contribution in [0.5, 0.6) is 5.75 Å². The van der Waals surface area contributed by atoms with Crippen molar-refractivity contribution in [2.24, 2.45) is 5.92 Å². The molecule has 4 nitrogen and oxygen atoms in total. The first-order valence-electron chi connectivity index (χ1n) is 7.21. The minimum absolute atomic E-state index is 0.0146. The Bertz CT molecular complexity index is 479. The molecule has 1 heterocycles. The van der Waals surface area contributed by atoms with E-state index < -0.39 is 0 Å². The number of hydrogen-bond donors (Lipinski definition) is 1. The molecule has 0 bridgehead atoms. The second kappa shape index (κ2) is 6.27. The molecular weight excluding hydrogens is 252 g/mol. The van der Waals surface area contributed by atoms with Crippen LogP contribution in [0.1, 0.15) is 28.8 Å². The summed E-state index contributed by atoms with van der Waals surface area (Å²) in [4.78, 5) is 16.5. The van der Waals surface area contributed by atoms with Crippen LogP contribution in [0.25, 0.3) is 0 Å². The number of hydrogen-bond acceptors (Lipinski definition) is 3. The van der Waals surface area contributed by atoms with Crippen molar-refractivity contribution in [1.82, 2.24) is 9.80 Å². The van der Waals surface area contributed by atoms with Gasteiger partial charge in [-0.1, -0.05) is 6.07 Å². The summed E-state index contributed by atoms with van der Waals surface area (Å²) in [6, 6.07) is 5.12. The maximum Gasteiger partial charge on any atom is 0.253 e. The minimum Gasteiger partial charge on any atom is -0.508 e. The molecule has 1 aliphatic rings. The Morgan fingerprint density at radius 2 is 2.05 bits per heavy atom. The number of likely N-dealkylation sites (tertiary alicyclic amines) is 1. The summed E-state index contributed by atoms with van der Waals surface area (Å²) in [5.41, 5.74) is 1.35. The number of rotatable bonds is 3. The SMILES string of the molecule is Cc1ccc(C(=O)N(C)CC2CCN(C)CC2)cc1O. The second-order valence-electron chi connectivity index (χ2n) is 5.93. The molecule has 1 amide bonds. The highest BCUT2D eigenvalue weighted by molar-refractivity contribution is 5.94. The van der Waals surface area contributed by atoms with Crippen LogP contribution >= 0.6 is 0 Å². The number of benzene rings is 1. The van der Waals surface area contributed by atoms with Crippen molar-refractivity contribution in [3.8, 4) is 5.75 Å². The summed E-state index contributed by atoms with van der Waals surface area (Å²) in [5.74, 6) is 0.752. The topological polar surface area (TPSA) is 43.8 Å². The number of nitrogens with zero attached hydrogens (tertiary/aromatic N) is 2. The molecule has 0 aliphatic carbocycles. The van der Waals surface area contributed by atoms with Crippen molar-refractivity contribution in [3.63, 3.8) is 0 Å². The molecule has 4 heteroatoms. The summed E-state index contributed by atoms with van der Waals surface area (Å²) in [6.07, 6.45) is 2.29. The summed E-state index contributed by atoms with van der Waals surface area (Å²) in [5, 5.41) is 9.71. The number of phenolic OH excluding ortho intramolecular Hbond substituents is 1. The quantitative estimate of drug-likeness (QED) is 0.919. The van der Waals surface area contributed by atoms with Gasteiger partial charge in [0, 0.05) is 19.2 Å². The van der Waals surface area contributed by atoms with Crippen LogP contribution in [0.4, 0.5) is 0 Å². The first-order valence-corrected chi connectivity index (χ1v) is 7.21. The van der Waals surface area contributed by atoms with E-state index in [0.717, 1.165) is 38.0 Å². The van der Waals surface area contributed by atoms with E-state index in [9.17, 15) is 9.90 Å². The standard InChI is InChI=1S/C16H24N2O2/c1-12-4-5-14(10-15(12)19)16(20)18(3)11-13-6-8-17(2)9-7-13/h4-5,10,13,19H,6-9,11H2,1-3H3. The van der Waals surface area contributed by atoms with E-state index in [2.05, 4.69) is 11.9 Å². The Labute approximate surface area is 121 Å². The monoisotopic (exact) mass is 276 g/mol. The number of aryl methyl sites for hydroxylation is 1. The van der Waals surface area contributed by atoms with Gasteiger partial charge >= 0.3 is 0 Å². The van der Waals surface area contributed by atoms with Gasteiger partial charge in [-0.15, -0.1) is 0 Å². The van der Waals surface area contributed by atoms with Gasteiger partial charge in [0.2, 0.25) is 0 Å². The van der Waals surface area contributed by atoms with Crippen molar-refractivity contribution in [1.29, 1.82) is 0 Å². The smallest absolute Gasteiger partial charge is 0.253 e. The number of aromatic hydroxyl groups is 1. The minimum atomic E-state index is -0.0146. The lowest BCUT2D eigenvalue weighted by atomic mass is 9.96. The molecular formula is C16H24N2O2. The molecule has 1 fully saturated rings. The maximum absolute atomic E-state index is 12.4. The number of amides is 1. The van der Waals surface area contributed by atoms with Crippen LogP contribution in [0, 0.1) is 12.8 Å². The van der Waals surface area contributed by atoms with Gasteiger partial charge < -0.3 is 14.9 Å². The Hall–Kier alpha value is -1.55. The van der Waals surface area contributed by atoms with Crippen LogP contribution in [-0.4, -0.2) is 54.5 Å². The van der Waals surface area contributed by atoms with Crippen molar-refractivity contribution in [2.75, 3.05) is 33.7 Å². The zero-order chi connectivity index (χ0) is 14.7. The molecule has 1 aromatic carbocycles. The maximum atomic E-state index is 12.4. The highest BCUT2D eigenvalue weighted by Gasteiger charge is 2.21. The highest BCUT2D eigenvalue weighted by Crippen LogP contribution is 2.20. The van der Waals surface area contributed by atoms with E-state index in [1.54, 1.807) is 23.1 Å². The van der Waals surface area contributed by atoms with Gasteiger partial charge in [-0.3, -0.25) is 4.79 Å². The van der Waals surface area contributed by atoms with Crippen molar-refractivity contribution in [2.45, 2.75) is 19.8 Å². The highest BCUT2D eigenvalue weighted by atomic mass is 16.3. The van der Waals surface area contributed by atoms with Crippen LogP contribution in [0.15, 0.2) is 18.2 Å². The fraction of sp³-hybridized carbons (Fsp3) is 0.562. The fourth-order valence-corrected chi connectivity index (χ4v) is 2.68. The molecule has 0 saturated carbocycles. The molecule has 0 radical (unpaired) electrons. The predicted octanol–water partition coefficient (Wildman–Crippen LogP) is 2.11. The van der Waals surface area contributed by atoms with Crippen molar-refractivity contribution >= 4 is 5.91 Å². The molecule has 20 heavy (non-hydrogen) atoms. The number of piperidine rings is 1. The number of phenols is 1. The van der Waals surface area contributed by atoms with Crippen LogP contribution in [0.2, 0.25) is 0 Å². The van der Waals surface area contributed by atoms with Gasteiger partial charge in [0.25, 0.3) is 5.91 Å². The van der Waals surface area contributed by atoms with E-state index in [4.69, 9.17) is 0 Å². The molecule has 0 atom stereocenters. The summed E-state index contributed by atoms with van der Waals surface area (Å²) >= 11 is 0. The van der Waals surface area contributed by atoms with Gasteiger partial charge in [-0.25, -0.2) is 0 Å². The zero-order valence-electron chi connectivity index (χ0n) is 12.6. The van der Waals surface area contributed by atoms with Gasteiger partial charge in [0.1, 0.15) is 5.75 Å². The Balaban J connectivity index is 1.96. The van der Waals surface area contributed by atoms with Gasteiger partial charge in [0.15, 0.2) is 0 Å². The van der Waals surface area contributed by atoms with Crippen LogP contribution in [0.3, 0.4) is 0 Å². The molecule has 2 rings (SSSR count). The van der Waals surface area contributed by atoms with Crippen molar-refractivity contribution in [3.05, 3.63) is 29.3 Å². The van der Waals surface area contributed by atoms with Crippen molar-refractivity contribution < 1.29 is 9.90 Å². The van der Waals surface area contributed by atoms with Crippen LogP contribution < -0.4 is 0 Å². The average molecular weight is 276 g/mol. The molecule has 0 unspecified atom stereocenters. The molecule has 1 saturated heterocycles. The third kappa shape index (κ3) is 3.51. The number of carbonyl (C=O) groups excluding carboxylic acids is 1. The lowest BCUT2D eigenvalue weighted by Crippen LogP contribution is -2.37. The first-order chi connectivity index (χ1) is 9.47. The van der Waals surface area contributed by atoms with Crippen LogP contribution in [-0.2, 0) is 0 Å². The zero-order valence-corrected chi connectivity index (χ0v) is 12.6. The average Bonchev–Trinajstić information content (AvgIpc) is 2.43. The second-order valence-corrected chi connectivity index (χ2v) is 5.93. The summed E-state index contributed by atoms with van der Waals surface area (Å²) in [7, 11) is 3.98. The molecule has 1 aliphatic heterocycles. The Morgan fingerprint density at radius 3 is 2.65 bits per heavy atom. The molecule has 1 aromatic rings. The Morgan fingerprint density at radius 1 is 1.40 bits per heavy atom. The van der Waals surface area contributed by atoms with Gasteiger partial charge in [-0.05, 0) is 63.5 Å². The third-order valence-corrected chi connectivity index (χ3v) is 4.17. The van der Waals surface area contributed by atoms with Gasteiger partial charge in [0.05, 0.1) is 0 Å². The van der Waals surface area contributed by atoms with E-state index >= 15 is 0 Å². The molecule has 1 N–H and O–H groups in total. The third-order valence-electron chi connectivity index (χ3n) is 4.17. The summed E-state index contributed by atoms with van der Waals surface area (Å²) < 4.78 is 0. The lowest BCUT2D eigenvalue weighted by molar-refractivity contribution is 0.0747. The van der Waals surface area contributed by atoms with Gasteiger partial charge in [-0.2, -0.15) is 0 Å². The van der Waals surface area contributed by atoms with E-state index in [1.807, 2.05) is 14.0 Å². The van der Waals surface area contributed by atoms with E-state index in [1.165, 1.54) is 0 Å². The first kappa shape index (κ1) is 14.9. The fourth-order valence-electron chi connectivity index (χ4n) is 2.68. The lowest BCUT2D eigenvalue weighted by Gasteiger charge is -2.31. The van der Waals surface area contributed by atoms with E-state index in [-0.39, 0.29) is 11.7 Å². The Kier molecular flexibility index (Phi) is 4.65. The normalized spacial score (nSPS) is 17.1. The molecule has 110 valence electrons. The number of carbonyl (C=O) groups is 1.